The SMILES string of the molecule is COc1cc(C)c(N)cc1S(=O)(=O)Nc1cccc(Cl)n1. The Hall–Kier alpha value is -1.99. The number of nitrogen functional groups attached to an aromatic ring is 1. The zero-order valence-corrected chi connectivity index (χ0v) is 13.0. The van der Waals surface area contributed by atoms with Crippen molar-refractivity contribution in [3.8, 4) is 5.75 Å². The normalized spacial score (nSPS) is 11.2. The van der Waals surface area contributed by atoms with Crippen molar-refractivity contribution in [1.82, 2.24) is 4.98 Å². The minimum absolute atomic E-state index is 0.0603. The van der Waals surface area contributed by atoms with Crippen LogP contribution < -0.4 is 15.2 Å². The summed E-state index contributed by atoms with van der Waals surface area (Å²) in [5.74, 6) is 0.319. The first-order valence-corrected chi connectivity index (χ1v) is 7.79. The predicted molar refractivity (Wildman–Crippen MR) is 82.2 cm³/mol. The van der Waals surface area contributed by atoms with Gasteiger partial charge in [-0.2, -0.15) is 0 Å². The fourth-order valence-corrected chi connectivity index (χ4v) is 3.06. The van der Waals surface area contributed by atoms with Gasteiger partial charge in [0.2, 0.25) is 0 Å². The number of hydrogen-bond acceptors (Lipinski definition) is 5. The van der Waals surface area contributed by atoms with Gasteiger partial charge in [-0.25, -0.2) is 13.4 Å². The minimum atomic E-state index is -3.89. The highest BCUT2D eigenvalue weighted by Gasteiger charge is 2.21. The van der Waals surface area contributed by atoms with Gasteiger partial charge in [-0.1, -0.05) is 17.7 Å². The fourth-order valence-electron chi connectivity index (χ4n) is 1.70. The third kappa shape index (κ3) is 3.37. The highest BCUT2D eigenvalue weighted by molar-refractivity contribution is 7.92. The first-order valence-electron chi connectivity index (χ1n) is 5.93. The Balaban J connectivity index is 2.47. The maximum absolute atomic E-state index is 12.4. The standard InChI is InChI=1S/C13H14ClN3O3S/c1-8-6-10(20-2)11(7-9(8)15)21(18,19)17-13-5-3-4-12(14)16-13/h3-7H,15H2,1-2H3,(H,16,17). The molecule has 8 heteroatoms. The van der Waals surface area contributed by atoms with Crippen molar-refractivity contribution in [2.75, 3.05) is 17.6 Å². The van der Waals surface area contributed by atoms with E-state index >= 15 is 0 Å². The summed E-state index contributed by atoms with van der Waals surface area (Å²) in [7, 11) is -2.50. The topological polar surface area (TPSA) is 94.3 Å². The quantitative estimate of drug-likeness (QED) is 0.664. The summed E-state index contributed by atoms with van der Waals surface area (Å²) in [4.78, 5) is 3.82. The van der Waals surface area contributed by atoms with Crippen LogP contribution in [0.5, 0.6) is 5.75 Å². The van der Waals surface area contributed by atoms with E-state index in [9.17, 15) is 8.42 Å². The number of pyridine rings is 1. The second-order valence-electron chi connectivity index (χ2n) is 4.31. The molecule has 0 saturated heterocycles. The van der Waals surface area contributed by atoms with Crippen molar-refractivity contribution in [1.29, 1.82) is 0 Å². The maximum atomic E-state index is 12.4. The number of benzene rings is 1. The van der Waals surface area contributed by atoms with Gasteiger partial charge in [0.25, 0.3) is 10.0 Å². The summed E-state index contributed by atoms with van der Waals surface area (Å²) in [5.41, 5.74) is 6.86. The molecule has 0 radical (unpaired) electrons. The minimum Gasteiger partial charge on any atom is -0.495 e. The van der Waals surface area contributed by atoms with Crippen molar-refractivity contribution in [3.05, 3.63) is 41.0 Å². The molecular weight excluding hydrogens is 314 g/mol. The average molecular weight is 328 g/mol. The number of methoxy groups -OCH3 is 1. The summed E-state index contributed by atoms with van der Waals surface area (Å²) in [6.07, 6.45) is 0. The molecule has 2 aromatic rings. The summed E-state index contributed by atoms with van der Waals surface area (Å²) in [6, 6.07) is 7.54. The lowest BCUT2D eigenvalue weighted by Gasteiger charge is -2.13. The van der Waals surface area contributed by atoms with Crippen LogP contribution in [-0.2, 0) is 10.0 Å². The zero-order chi connectivity index (χ0) is 15.6. The number of hydrogen-bond donors (Lipinski definition) is 2. The predicted octanol–water partition coefficient (Wildman–Crippen LogP) is 2.44. The van der Waals surface area contributed by atoms with Crippen LogP contribution in [-0.4, -0.2) is 20.5 Å². The molecule has 1 aromatic heterocycles. The van der Waals surface area contributed by atoms with Crippen molar-refractivity contribution in [3.63, 3.8) is 0 Å². The van der Waals surface area contributed by atoms with Gasteiger partial charge in [0.05, 0.1) is 7.11 Å². The monoisotopic (exact) mass is 327 g/mol. The van der Waals surface area contributed by atoms with Gasteiger partial charge in [-0.05, 0) is 36.8 Å². The molecule has 0 amide bonds. The van der Waals surface area contributed by atoms with Gasteiger partial charge in [0.15, 0.2) is 0 Å². The van der Waals surface area contributed by atoms with E-state index < -0.39 is 10.0 Å². The highest BCUT2D eigenvalue weighted by atomic mass is 35.5. The number of ether oxygens (including phenoxy) is 1. The summed E-state index contributed by atoms with van der Waals surface area (Å²) in [5, 5.41) is 0.186. The molecule has 6 nitrogen and oxygen atoms in total. The van der Waals surface area contributed by atoms with Crippen molar-refractivity contribution < 1.29 is 13.2 Å². The van der Waals surface area contributed by atoms with Gasteiger partial charge in [-0.3, -0.25) is 4.72 Å². The van der Waals surface area contributed by atoms with E-state index in [0.29, 0.717) is 5.69 Å². The van der Waals surface area contributed by atoms with E-state index in [-0.39, 0.29) is 21.6 Å². The summed E-state index contributed by atoms with van der Waals surface area (Å²) < 4.78 is 32.3. The number of halogens is 1. The van der Waals surface area contributed by atoms with E-state index in [2.05, 4.69) is 9.71 Å². The Labute approximate surface area is 128 Å². The number of aromatic nitrogens is 1. The van der Waals surface area contributed by atoms with Crippen LogP contribution in [0.3, 0.4) is 0 Å². The van der Waals surface area contributed by atoms with E-state index in [1.807, 2.05) is 0 Å². The molecule has 1 aromatic carbocycles. The highest BCUT2D eigenvalue weighted by Crippen LogP contribution is 2.30. The molecule has 0 atom stereocenters. The molecule has 2 rings (SSSR count). The smallest absolute Gasteiger partial charge is 0.266 e. The largest absolute Gasteiger partial charge is 0.495 e. The molecule has 3 N–H and O–H groups in total. The van der Waals surface area contributed by atoms with Crippen LogP contribution in [0.25, 0.3) is 0 Å². The second kappa shape index (κ2) is 5.79. The lowest BCUT2D eigenvalue weighted by molar-refractivity contribution is 0.402. The molecule has 0 aliphatic carbocycles. The number of rotatable bonds is 4. The first-order chi connectivity index (χ1) is 9.83. The molecule has 0 aliphatic heterocycles. The van der Waals surface area contributed by atoms with Crippen molar-refractivity contribution >= 4 is 33.1 Å². The molecule has 112 valence electrons. The van der Waals surface area contributed by atoms with Gasteiger partial charge >= 0.3 is 0 Å². The third-order valence-corrected chi connectivity index (χ3v) is 4.38. The molecule has 1 heterocycles. The van der Waals surface area contributed by atoms with Crippen molar-refractivity contribution in [2.24, 2.45) is 0 Å². The maximum Gasteiger partial charge on any atom is 0.266 e. The Morgan fingerprint density at radius 1 is 1.33 bits per heavy atom. The number of aryl methyl sites for hydroxylation is 1. The zero-order valence-electron chi connectivity index (χ0n) is 11.4. The van der Waals surface area contributed by atoms with Crippen LogP contribution in [0.2, 0.25) is 5.15 Å². The first kappa shape index (κ1) is 15.4. The molecule has 0 fully saturated rings. The average Bonchev–Trinajstić information content (AvgIpc) is 2.40. The molecule has 0 unspecified atom stereocenters. The van der Waals surface area contributed by atoms with Crippen LogP contribution in [0.1, 0.15) is 5.56 Å². The number of nitrogens with one attached hydrogen (secondary N) is 1. The van der Waals surface area contributed by atoms with Gasteiger partial charge in [0.1, 0.15) is 21.6 Å². The summed E-state index contributed by atoms with van der Waals surface area (Å²) in [6.45, 7) is 1.76. The second-order valence-corrected chi connectivity index (χ2v) is 6.35. The number of sulfonamides is 1. The Bertz CT molecular complexity index is 778. The van der Waals surface area contributed by atoms with E-state index in [1.54, 1.807) is 25.1 Å². The van der Waals surface area contributed by atoms with Crippen LogP contribution in [0, 0.1) is 6.92 Å². The van der Waals surface area contributed by atoms with E-state index in [4.69, 9.17) is 22.1 Å². The third-order valence-electron chi connectivity index (χ3n) is 2.80. The fraction of sp³-hybridized carbons (Fsp3) is 0.154. The molecule has 0 saturated carbocycles. The lowest BCUT2D eigenvalue weighted by Crippen LogP contribution is -2.15. The number of nitrogens with two attached hydrogens (primary N) is 1. The van der Waals surface area contributed by atoms with Gasteiger partial charge in [0, 0.05) is 5.69 Å². The van der Waals surface area contributed by atoms with Crippen LogP contribution in [0.4, 0.5) is 11.5 Å². The number of nitrogens with zero attached hydrogens (tertiary/aromatic N) is 1. The number of anilines is 2. The van der Waals surface area contributed by atoms with Gasteiger partial charge in [-0.15, -0.1) is 0 Å². The molecule has 0 aliphatic rings. The van der Waals surface area contributed by atoms with Gasteiger partial charge < -0.3 is 10.5 Å². The van der Waals surface area contributed by atoms with E-state index in [1.165, 1.54) is 19.2 Å². The molecule has 0 bridgehead atoms. The van der Waals surface area contributed by atoms with Crippen molar-refractivity contribution in [2.45, 2.75) is 11.8 Å². The Morgan fingerprint density at radius 2 is 2.05 bits per heavy atom. The van der Waals surface area contributed by atoms with E-state index in [0.717, 1.165) is 5.56 Å². The molecule has 21 heavy (non-hydrogen) atoms. The lowest BCUT2D eigenvalue weighted by atomic mass is 10.2. The molecular formula is C13H14ClN3O3S. The summed E-state index contributed by atoms with van der Waals surface area (Å²) >= 11 is 5.73. The van der Waals surface area contributed by atoms with Crippen LogP contribution in [0.15, 0.2) is 35.2 Å². The Morgan fingerprint density at radius 3 is 2.67 bits per heavy atom. The molecule has 0 spiro atoms. The Kier molecular flexibility index (Phi) is 4.24. The van der Waals surface area contributed by atoms with Crippen LogP contribution >= 0.6 is 11.6 Å².